The molecule has 0 radical (unpaired) electrons. The first-order chi connectivity index (χ1) is 10.5. The van der Waals surface area contributed by atoms with Crippen molar-refractivity contribution < 1.29 is 22.9 Å². The Morgan fingerprint density at radius 1 is 1.00 bits per heavy atom. The molecule has 0 bridgehead atoms. The van der Waals surface area contributed by atoms with E-state index in [1.165, 1.54) is 6.42 Å². The van der Waals surface area contributed by atoms with E-state index in [1.807, 2.05) is 12.1 Å². The van der Waals surface area contributed by atoms with Gasteiger partial charge in [0.1, 0.15) is 0 Å². The van der Waals surface area contributed by atoms with Gasteiger partial charge in [0.2, 0.25) is 0 Å². The average molecular weight is 418 g/mol. The highest BCUT2D eigenvalue weighted by Gasteiger charge is 2.21. The summed E-state index contributed by atoms with van der Waals surface area (Å²) in [5.41, 5.74) is 2.05. The molecule has 120 valence electrons. The third-order valence-corrected chi connectivity index (χ3v) is 5.91. The van der Waals surface area contributed by atoms with Gasteiger partial charge in [-0.15, -0.1) is 0 Å². The summed E-state index contributed by atoms with van der Waals surface area (Å²) in [6.07, 6.45) is 5.18. The van der Waals surface area contributed by atoms with Crippen LogP contribution < -0.4 is 0 Å². The first-order valence-corrected chi connectivity index (χ1v) is 9.33. The quantitative estimate of drug-likeness (QED) is 0.691. The summed E-state index contributed by atoms with van der Waals surface area (Å²) in [6, 6.07) is 3.67. The summed E-state index contributed by atoms with van der Waals surface area (Å²) < 4.78 is 12.0. The Hall–Kier alpha value is -1.31. The smallest absolute Gasteiger partial charge is 0.307 e. The third-order valence-electron chi connectivity index (χ3n) is 4.08. The highest BCUT2D eigenvalue weighted by Crippen LogP contribution is 2.35. The number of carboxylic acid groups (broad SMARTS) is 2. The number of rotatable bonds is 6. The molecule has 1 aliphatic rings. The predicted octanol–water partition coefficient (Wildman–Crippen LogP) is 3.47. The van der Waals surface area contributed by atoms with Crippen molar-refractivity contribution in [2.75, 3.05) is 0 Å². The van der Waals surface area contributed by atoms with Crippen LogP contribution in [0.25, 0.3) is 0 Å². The molecule has 0 heterocycles. The predicted molar refractivity (Wildman–Crippen MR) is 88.4 cm³/mol. The van der Waals surface area contributed by atoms with Crippen LogP contribution in [-0.4, -0.2) is 22.2 Å². The van der Waals surface area contributed by atoms with Gasteiger partial charge in [0, 0.05) is 0 Å². The van der Waals surface area contributed by atoms with Gasteiger partial charge in [-0.2, -0.15) is 0 Å². The second kappa shape index (κ2) is 7.80. The number of carboxylic acids is 2. The van der Waals surface area contributed by atoms with Crippen LogP contribution in [0, 0.1) is 3.57 Å². The molecule has 1 aromatic carbocycles. The van der Waals surface area contributed by atoms with Gasteiger partial charge < -0.3 is 10.2 Å². The molecule has 0 spiro atoms. The molecule has 1 fully saturated rings. The second-order valence-electron chi connectivity index (χ2n) is 5.71. The maximum atomic E-state index is 11.5. The van der Waals surface area contributed by atoms with Crippen molar-refractivity contribution in [2.45, 2.75) is 50.9 Å². The molecule has 0 aromatic heterocycles. The van der Waals surface area contributed by atoms with E-state index in [0.29, 0.717) is 20.6 Å². The van der Waals surface area contributed by atoms with Crippen LogP contribution in [-0.2, 0) is 25.5 Å². The zero-order valence-electron chi connectivity index (χ0n) is 12.2. The molecule has 0 atom stereocenters. The van der Waals surface area contributed by atoms with Crippen LogP contribution in [0.2, 0.25) is 0 Å². The van der Waals surface area contributed by atoms with E-state index in [2.05, 4.69) is 0 Å². The van der Waals surface area contributed by atoms with E-state index in [9.17, 15) is 12.7 Å². The molecule has 2 N–H and O–H groups in total. The zero-order valence-corrected chi connectivity index (χ0v) is 14.3. The van der Waals surface area contributed by atoms with Crippen molar-refractivity contribution in [2.24, 2.45) is 0 Å². The van der Waals surface area contributed by atoms with Gasteiger partial charge in [-0.1, -0.05) is 31.4 Å². The largest absolute Gasteiger partial charge is 0.481 e. The van der Waals surface area contributed by atoms with Crippen molar-refractivity contribution in [3.05, 3.63) is 32.4 Å². The molecule has 5 nitrogen and oxygen atoms in total. The summed E-state index contributed by atoms with van der Waals surface area (Å²) in [7, 11) is 0. The minimum atomic E-state index is -1.61. The fourth-order valence-electron chi connectivity index (χ4n) is 3.13. The summed E-state index contributed by atoms with van der Waals surface area (Å²) in [4.78, 5) is 22.1. The van der Waals surface area contributed by atoms with E-state index >= 15 is 0 Å². The maximum absolute atomic E-state index is 11.5. The Labute approximate surface area is 139 Å². The fraction of sp³-hybridized carbons (Fsp3) is 0.500. The topological polar surface area (TPSA) is 91.7 Å². The Morgan fingerprint density at radius 2 is 1.50 bits per heavy atom. The van der Waals surface area contributed by atoms with Crippen molar-refractivity contribution in [3.63, 3.8) is 0 Å². The molecule has 1 aromatic rings. The number of aliphatic carboxylic acids is 2. The first-order valence-electron chi connectivity index (χ1n) is 7.37. The summed E-state index contributed by atoms with van der Waals surface area (Å²) in [5, 5.41) is 18.1. The van der Waals surface area contributed by atoms with Crippen molar-refractivity contribution in [1.29, 1.82) is 0 Å². The molecule has 0 unspecified atom stereocenters. The minimum absolute atomic E-state index is 0.204. The monoisotopic (exact) mass is 418 g/mol. The fourth-order valence-corrected chi connectivity index (χ4v) is 4.39. The summed E-state index contributed by atoms with van der Waals surface area (Å²) >= 11 is -1.61. The number of hydrogen-bond donors (Lipinski definition) is 2. The van der Waals surface area contributed by atoms with Gasteiger partial charge in [0.15, 0.2) is 21.2 Å². The number of halogens is 1. The molecule has 2 rings (SSSR count). The van der Waals surface area contributed by atoms with Gasteiger partial charge in [-0.3, -0.25) is 12.7 Å². The average Bonchev–Trinajstić information content (AvgIpc) is 2.46. The maximum Gasteiger partial charge on any atom is 0.307 e. The highest BCUT2D eigenvalue weighted by molar-refractivity contribution is 14.1. The Bertz CT molecular complexity index is 553. The molecule has 6 heteroatoms. The lowest BCUT2D eigenvalue weighted by molar-refractivity contribution is -0.137. The van der Waals surface area contributed by atoms with Gasteiger partial charge >= 0.3 is 11.9 Å². The van der Waals surface area contributed by atoms with Crippen LogP contribution in [0.15, 0.2) is 12.1 Å². The van der Waals surface area contributed by atoms with E-state index in [-0.39, 0.29) is 12.8 Å². The van der Waals surface area contributed by atoms with Crippen LogP contribution >= 0.6 is 21.2 Å². The molecule has 1 aliphatic carbocycles. The first kappa shape index (κ1) is 17.1. The Kier molecular flexibility index (Phi) is 6.05. The van der Waals surface area contributed by atoms with Crippen molar-refractivity contribution in [1.82, 2.24) is 0 Å². The lowest BCUT2D eigenvalue weighted by Gasteiger charge is -2.23. The van der Waals surface area contributed by atoms with Gasteiger partial charge in [-0.05, 0) is 35.4 Å². The third kappa shape index (κ3) is 4.34. The lowest BCUT2D eigenvalue weighted by Crippen LogP contribution is -2.12. The van der Waals surface area contributed by atoms with E-state index in [4.69, 9.17) is 10.2 Å². The van der Waals surface area contributed by atoms with Crippen LogP contribution in [0.3, 0.4) is 0 Å². The van der Waals surface area contributed by atoms with Gasteiger partial charge in [0.05, 0.1) is 16.4 Å². The molecular formula is C16H19IO5. The minimum Gasteiger partial charge on any atom is -0.481 e. The summed E-state index contributed by atoms with van der Waals surface area (Å²) in [5.74, 6) is -1.62. The van der Waals surface area contributed by atoms with Crippen LogP contribution in [0.5, 0.6) is 0 Å². The Morgan fingerprint density at radius 3 is 1.91 bits per heavy atom. The lowest BCUT2D eigenvalue weighted by atomic mass is 9.82. The normalized spacial score (nSPS) is 15.6. The molecule has 22 heavy (non-hydrogen) atoms. The van der Waals surface area contributed by atoms with Gasteiger partial charge in [0.25, 0.3) is 0 Å². The van der Waals surface area contributed by atoms with E-state index in [0.717, 1.165) is 31.2 Å². The molecule has 1 saturated carbocycles. The number of benzene rings is 1. The van der Waals surface area contributed by atoms with E-state index < -0.39 is 33.1 Å². The summed E-state index contributed by atoms with van der Waals surface area (Å²) in [6.45, 7) is 0. The molecular weight excluding hydrogens is 399 g/mol. The second-order valence-corrected chi connectivity index (χ2v) is 7.23. The van der Waals surface area contributed by atoms with E-state index in [1.54, 1.807) is 0 Å². The standard InChI is InChI=1S/C16H19IO5/c18-14(19)8-12-6-11(10-4-2-1-3-5-10)7-13(9-15(20)21)16(12)17-22/h6-7,10H,1-5,8-9H2,(H,18,19)(H,20,21). The number of carbonyl (C=O) groups is 2. The Balaban J connectivity index is 2.46. The van der Waals surface area contributed by atoms with Crippen LogP contribution in [0.4, 0.5) is 0 Å². The molecule has 0 saturated heterocycles. The highest BCUT2D eigenvalue weighted by atomic mass is 127. The number of hydrogen-bond acceptors (Lipinski definition) is 3. The van der Waals surface area contributed by atoms with Crippen molar-refractivity contribution >= 4 is 33.1 Å². The molecule has 0 aliphatic heterocycles. The SMILES string of the molecule is O=Ic1c(CC(=O)O)cc(C2CCCCC2)cc1CC(=O)O. The van der Waals surface area contributed by atoms with Gasteiger partial charge in [-0.25, -0.2) is 0 Å². The zero-order chi connectivity index (χ0) is 16.1. The van der Waals surface area contributed by atoms with Crippen molar-refractivity contribution in [3.8, 4) is 0 Å². The molecule has 0 amide bonds. The van der Waals surface area contributed by atoms with Crippen LogP contribution in [0.1, 0.15) is 54.7 Å².